The van der Waals surface area contributed by atoms with Gasteiger partial charge in [-0.25, -0.2) is 0 Å². The van der Waals surface area contributed by atoms with Crippen LogP contribution in [-0.2, 0) is 0 Å². The molecule has 0 aromatic heterocycles. The summed E-state index contributed by atoms with van der Waals surface area (Å²) in [6.45, 7) is 1.06. The van der Waals surface area contributed by atoms with Crippen LogP contribution in [0.4, 0.5) is 5.69 Å². The molecule has 1 aliphatic rings. The molecule has 0 amide bonds. The molecule has 1 fully saturated rings. The first kappa shape index (κ1) is 11.9. The minimum absolute atomic E-state index is 0.977. The lowest BCUT2D eigenvalue weighted by Gasteiger charge is -2.11. The Balaban J connectivity index is 1.99. The summed E-state index contributed by atoms with van der Waals surface area (Å²) in [5.74, 6) is 0.977. The van der Waals surface area contributed by atoms with E-state index >= 15 is 0 Å². The van der Waals surface area contributed by atoms with E-state index in [1.165, 1.54) is 19.3 Å². The van der Waals surface area contributed by atoms with Gasteiger partial charge < -0.3 is 5.32 Å². The summed E-state index contributed by atoms with van der Waals surface area (Å²) in [5, 5.41) is 3.47. The molecule has 1 nitrogen and oxygen atoms in total. The van der Waals surface area contributed by atoms with E-state index in [1.54, 1.807) is 0 Å². The molecular formula is C11H12Br3N. The number of nitrogens with one attached hydrogen (secondary N) is 1. The Labute approximate surface area is 115 Å². The molecule has 0 unspecified atom stereocenters. The van der Waals surface area contributed by atoms with Crippen molar-refractivity contribution >= 4 is 53.5 Å². The average Bonchev–Trinajstić information content (AvgIpc) is 2.93. The highest BCUT2D eigenvalue weighted by Crippen LogP contribution is 2.36. The Kier molecular flexibility index (Phi) is 4.13. The predicted octanol–water partition coefficient (Wildman–Crippen LogP) is 5.19. The zero-order valence-corrected chi connectivity index (χ0v) is 13.0. The van der Waals surface area contributed by atoms with Gasteiger partial charge in [0.25, 0.3) is 0 Å². The molecule has 0 bridgehead atoms. The Bertz CT molecular complexity index is 338. The molecule has 1 aromatic rings. The summed E-state index contributed by atoms with van der Waals surface area (Å²) < 4.78 is 3.27. The van der Waals surface area contributed by atoms with E-state index in [9.17, 15) is 0 Å². The maximum Gasteiger partial charge on any atom is 0.0629 e. The molecule has 15 heavy (non-hydrogen) atoms. The molecule has 0 atom stereocenters. The van der Waals surface area contributed by atoms with Crippen LogP contribution in [0, 0.1) is 5.92 Å². The summed E-state index contributed by atoms with van der Waals surface area (Å²) in [4.78, 5) is 0. The lowest BCUT2D eigenvalue weighted by Crippen LogP contribution is -2.03. The quantitative estimate of drug-likeness (QED) is 0.737. The van der Waals surface area contributed by atoms with Gasteiger partial charge in [0, 0.05) is 20.0 Å². The predicted molar refractivity (Wildman–Crippen MR) is 75.4 cm³/mol. The highest BCUT2D eigenvalue weighted by Gasteiger charge is 2.20. The van der Waals surface area contributed by atoms with Crippen LogP contribution in [0.5, 0.6) is 0 Å². The van der Waals surface area contributed by atoms with Gasteiger partial charge in [-0.3, -0.25) is 0 Å². The van der Waals surface area contributed by atoms with Gasteiger partial charge in [-0.1, -0.05) is 28.8 Å². The van der Waals surface area contributed by atoms with Crippen molar-refractivity contribution in [3.05, 3.63) is 25.6 Å². The first-order valence-corrected chi connectivity index (χ1v) is 7.43. The number of hydrogen-bond donors (Lipinski definition) is 1. The molecule has 0 saturated heterocycles. The summed E-state index contributed by atoms with van der Waals surface area (Å²) in [6, 6.07) is 4.12. The van der Waals surface area contributed by atoms with Crippen LogP contribution >= 0.6 is 47.8 Å². The van der Waals surface area contributed by atoms with Crippen LogP contribution in [-0.4, -0.2) is 6.54 Å². The van der Waals surface area contributed by atoms with Crippen LogP contribution in [0.1, 0.15) is 19.3 Å². The second-order valence-corrected chi connectivity index (χ2v) is 6.53. The Morgan fingerprint density at radius 1 is 1.13 bits per heavy atom. The Hall–Kier alpha value is 0.460. The van der Waals surface area contributed by atoms with Crippen LogP contribution < -0.4 is 5.32 Å². The lowest BCUT2D eigenvalue weighted by molar-refractivity contribution is 0.760. The Morgan fingerprint density at radius 3 is 2.27 bits per heavy atom. The zero-order chi connectivity index (χ0) is 10.8. The van der Waals surface area contributed by atoms with Gasteiger partial charge in [-0.05, 0) is 56.3 Å². The Morgan fingerprint density at radius 2 is 1.73 bits per heavy atom. The van der Waals surface area contributed by atoms with Gasteiger partial charge in [-0.15, -0.1) is 0 Å². The molecule has 1 N–H and O–H groups in total. The zero-order valence-electron chi connectivity index (χ0n) is 8.19. The van der Waals surface area contributed by atoms with Crippen molar-refractivity contribution < 1.29 is 0 Å². The van der Waals surface area contributed by atoms with E-state index < -0.39 is 0 Å². The first-order valence-electron chi connectivity index (χ1n) is 5.05. The van der Waals surface area contributed by atoms with Gasteiger partial charge in [0.1, 0.15) is 0 Å². The molecule has 1 aromatic carbocycles. The van der Waals surface area contributed by atoms with Crippen LogP contribution in [0.2, 0.25) is 0 Å². The standard InChI is InChI=1S/C11H12Br3N/c12-8-5-9(13)11(10(14)6-8)15-4-3-7-1-2-7/h5-7,15H,1-4H2. The third-order valence-corrected chi connectivity index (χ3v) is 4.27. The topological polar surface area (TPSA) is 12.0 Å². The second-order valence-electron chi connectivity index (χ2n) is 3.90. The molecule has 0 aliphatic heterocycles. The first-order chi connectivity index (χ1) is 7.16. The average molecular weight is 398 g/mol. The third kappa shape index (κ3) is 3.46. The number of benzene rings is 1. The lowest BCUT2D eigenvalue weighted by atomic mass is 10.2. The van der Waals surface area contributed by atoms with E-state index in [0.717, 1.165) is 31.6 Å². The molecular weight excluding hydrogens is 386 g/mol. The van der Waals surface area contributed by atoms with Crippen molar-refractivity contribution in [2.75, 3.05) is 11.9 Å². The van der Waals surface area contributed by atoms with Gasteiger partial charge in [0.05, 0.1) is 5.69 Å². The summed E-state index contributed by atoms with van der Waals surface area (Å²) in [5.41, 5.74) is 1.15. The van der Waals surface area contributed by atoms with Crippen molar-refractivity contribution in [3.8, 4) is 0 Å². The second kappa shape index (κ2) is 5.19. The third-order valence-electron chi connectivity index (χ3n) is 2.56. The number of halogens is 3. The fraction of sp³-hybridized carbons (Fsp3) is 0.455. The van der Waals surface area contributed by atoms with Crippen molar-refractivity contribution in [2.24, 2.45) is 5.92 Å². The van der Waals surface area contributed by atoms with Gasteiger partial charge >= 0.3 is 0 Å². The van der Waals surface area contributed by atoms with Crippen LogP contribution in [0.15, 0.2) is 25.6 Å². The number of rotatable bonds is 4. The van der Waals surface area contributed by atoms with Crippen molar-refractivity contribution in [1.29, 1.82) is 0 Å². The molecule has 0 heterocycles. The largest absolute Gasteiger partial charge is 0.383 e. The number of anilines is 1. The monoisotopic (exact) mass is 395 g/mol. The molecule has 1 aliphatic carbocycles. The van der Waals surface area contributed by atoms with E-state index in [-0.39, 0.29) is 0 Å². The van der Waals surface area contributed by atoms with E-state index in [1.807, 2.05) is 0 Å². The fourth-order valence-corrected chi connectivity index (χ4v) is 4.06. The molecule has 4 heteroatoms. The van der Waals surface area contributed by atoms with Gasteiger partial charge in [0.2, 0.25) is 0 Å². The fourth-order valence-electron chi connectivity index (χ4n) is 1.52. The van der Waals surface area contributed by atoms with E-state index in [4.69, 9.17) is 0 Å². The number of hydrogen-bond acceptors (Lipinski definition) is 1. The van der Waals surface area contributed by atoms with Gasteiger partial charge in [0.15, 0.2) is 0 Å². The summed E-state index contributed by atoms with van der Waals surface area (Å²) >= 11 is 10.6. The van der Waals surface area contributed by atoms with E-state index in [0.29, 0.717) is 0 Å². The van der Waals surface area contributed by atoms with Gasteiger partial charge in [-0.2, -0.15) is 0 Å². The summed E-state index contributed by atoms with van der Waals surface area (Å²) in [7, 11) is 0. The molecule has 82 valence electrons. The smallest absolute Gasteiger partial charge is 0.0629 e. The molecule has 0 spiro atoms. The SMILES string of the molecule is Brc1cc(Br)c(NCCC2CC2)c(Br)c1. The van der Waals surface area contributed by atoms with E-state index in [2.05, 4.69) is 65.2 Å². The van der Waals surface area contributed by atoms with Crippen molar-refractivity contribution in [1.82, 2.24) is 0 Å². The van der Waals surface area contributed by atoms with Crippen LogP contribution in [0.25, 0.3) is 0 Å². The summed E-state index contributed by atoms with van der Waals surface area (Å²) in [6.07, 6.45) is 4.13. The highest BCUT2D eigenvalue weighted by atomic mass is 79.9. The van der Waals surface area contributed by atoms with Crippen molar-refractivity contribution in [2.45, 2.75) is 19.3 Å². The molecule has 1 saturated carbocycles. The minimum Gasteiger partial charge on any atom is -0.383 e. The minimum atomic E-state index is 0.977. The molecule has 0 radical (unpaired) electrons. The van der Waals surface area contributed by atoms with Crippen molar-refractivity contribution in [3.63, 3.8) is 0 Å². The molecule has 2 rings (SSSR count). The van der Waals surface area contributed by atoms with Crippen LogP contribution in [0.3, 0.4) is 0 Å². The normalized spacial score (nSPS) is 15.4. The highest BCUT2D eigenvalue weighted by molar-refractivity contribution is 9.11. The maximum atomic E-state index is 3.56. The maximum absolute atomic E-state index is 3.56.